The van der Waals surface area contributed by atoms with Crippen LogP contribution in [0.1, 0.15) is 47.1 Å². The second kappa shape index (κ2) is 6.30. The van der Waals surface area contributed by atoms with E-state index in [4.69, 9.17) is 0 Å². The highest BCUT2D eigenvalue weighted by Crippen LogP contribution is 2.33. The Morgan fingerprint density at radius 2 is 2.05 bits per heavy atom. The number of fused-ring (bicyclic) bond motifs is 1. The van der Waals surface area contributed by atoms with Crippen LogP contribution in [0, 0.1) is 6.92 Å². The molecule has 21 heavy (non-hydrogen) atoms. The van der Waals surface area contributed by atoms with Crippen LogP contribution in [-0.4, -0.2) is 23.1 Å². The predicted octanol–water partition coefficient (Wildman–Crippen LogP) is 4.10. The molecule has 1 aromatic carbocycles. The minimum absolute atomic E-state index is 0.360. The summed E-state index contributed by atoms with van der Waals surface area (Å²) in [6, 6.07) is 10.9. The number of benzene rings is 1. The fraction of sp³-hybridized carbons (Fsp3) is 0.444. The Morgan fingerprint density at radius 1 is 1.29 bits per heavy atom. The number of nitrogens with zero attached hydrogens (tertiary/aromatic N) is 1. The molecule has 2 atom stereocenters. The van der Waals surface area contributed by atoms with Gasteiger partial charge < -0.3 is 5.11 Å². The summed E-state index contributed by atoms with van der Waals surface area (Å²) in [5.41, 5.74) is 3.75. The third kappa shape index (κ3) is 3.20. The summed E-state index contributed by atoms with van der Waals surface area (Å²) in [5.74, 6) is 0. The molecular weight excluding hydrogens is 278 g/mol. The maximum atomic E-state index is 10.4. The molecule has 2 nitrogen and oxygen atoms in total. The van der Waals surface area contributed by atoms with Gasteiger partial charge in [-0.3, -0.25) is 4.90 Å². The quantitative estimate of drug-likeness (QED) is 0.919. The zero-order chi connectivity index (χ0) is 14.8. The second-order valence-corrected chi connectivity index (χ2v) is 6.98. The SMILES string of the molecule is Cc1ccc(C(O)CCN2CCc3sccc3C2C)cc1. The van der Waals surface area contributed by atoms with Crippen LogP contribution in [-0.2, 0) is 6.42 Å². The lowest BCUT2D eigenvalue weighted by atomic mass is 10.00. The van der Waals surface area contributed by atoms with E-state index in [9.17, 15) is 5.11 Å². The number of thiophene rings is 1. The van der Waals surface area contributed by atoms with Gasteiger partial charge in [0.05, 0.1) is 6.10 Å². The minimum Gasteiger partial charge on any atom is -0.388 e. The molecule has 1 aliphatic rings. The number of aryl methyl sites for hydroxylation is 1. The fourth-order valence-corrected chi connectivity index (χ4v) is 4.07. The van der Waals surface area contributed by atoms with Crippen LogP contribution in [0.15, 0.2) is 35.7 Å². The predicted molar refractivity (Wildman–Crippen MR) is 88.8 cm³/mol. The molecule has 1 N–H and O–H groups in total. The molecule has 0 saturated heterocycles. The molecule has 0 spiro atoms. The van der Waals surface area contributed by atoms with Gasteiger partial charge in [-0.2, -0.15) is 0 Å². The van der Waals surface area contributed by atoms with Crippen molar-refractivity contribution in [3.05, 3.63) is 57.3 Å². The van der Waals surface area contributed by atoms with Crippen molar-refractivity contribution in [1.29, 1.82) is 0 Å². The van der Waals surface area contributed by atoms with Gasteiger partial charge in [0.25, 0.3) is 0 Å². The average molecular weight is 301 g/mol. The lowest BCUT2D eigenvalue weighted by molar-refractivity contribution is 0.123. The molecule has 0 fully saturated rings. The summed E-state index contributed by atoms with van der Waals surface area (Å²) >= 11 is 1.88. The Hall–Kier alpha value is -1.16. The third-order valence-electron chi connectivity index (χ3n) is 4.56. The first kappa shape index (κ1) is 14.8. The normalized spacial score (nSPS) is 20.2. The first-order valence-electron chi connectivity index (χ1n) is 7.70. The van der Waals surface area contributed by atoms with E-state index in [-0.39, 0.29) is 6.10 Å². The lowest BCUT2D eigenvalue weighted by Gasteiger charge is -2.34. The number of aliphatic hydroxyl groups is 1. The molecular formula is C18H23NOS. The number of aliphatic hydroxyl groups excluding tert-OH is 1. The van der Waals surface area contributed by atoms with Crippen molar-refractivity contribution in [2.24, 2.45) is 0 Å². The van der Waals surface area contributed by atoms with Gasteiger partial charge in [0.1, 0.15) is 0 Å². The number of hydrogen-bond donors (Lipinski definition) is 1. The van der Waals surface area contributed by atoms with Crippen LogP contribution >= 0.6 is 11.3 Å². The molecule has 2 aromatic rings. The van der Waals surface area contributed by atoms with E-state index >= 15 is 0 Å². The van der Waals surface area contributed by atoms with E-state index in [2.05, 4.69) is 42.3 Å². The lowest BCUT2D eigenvalue weighted by Crippen LogP contribution is -2.34. The van der Waals surface area contributed by atoms with Crippen LogP contribution < -0.4 is 0 Å². The van der Waals surface area contributed by atoms with Crippen molar-refractivity contribution < 1.29 is 5.11 Å². The van der Waals surface area contributed by atoms with Gasteiger partial charge in [0, 0.05) is 24.0 Å². The largest absolute Gasteiger partial charge is 0.388 e. The van der Waals surface area contributed by atoms with E-state index in [1.54, 1.807) is 0 Å². The first-order valence-corrected chi connectivity index (χ1v) is 8.58. The smallest absolute Gasteiger partial charge is 0.0802 e. The van der Waals surface area contributed by atoms with Gasteiger partial charge in [-0.1, -0.05) is 29.8 Å². The standard InChI is InChI=1S/C18H23NOS/c1-13-3-5-15(6-4-13)17(20)7-10-19-11-8-18-16(14(19)2)9-12-21-18/h3-6,9,12,14,17,20H,7-8,10-11H2,1-2H3. The summed E-state index contributed by atoms with van der Waals surface area (Å²) in [7, 11) is 0. The van der Waals surface area contributed by atoms with E-state index in [0.29, 0.717) is 6.04 Å². The average Bonchev–Trinajstić information content (AvgIpc) is 2.96. The molecule has 0 amide bonds. The van der Waals surface area contributed by atoms with Crippen molar-refractivity contribution in [1.82, 2.24) is 4.90 Å². The van der Waals surface area contributed by atoms with Crippen molar-refractivity contribution >= 4 is 11.3 Å². The zero-order valence-corrected chi connectivity index (χ0v) is 13.6. The molecule has 0 bridgehead atoms. The maximum absolute atomic E-state index is 10.4. The molecule has 0 aliphatic carbocycles. The summed E-state index contributed by atoms with van der Waals surface area (Å²) < 4.78 is 0. The molecule has 3 heteroatoms. The van der Waals surface area contributed by atoms with Gasteiger partial charge in [-0.25, -0.2) is 0 Å². The molecule has 112 valence electrons. The van der Waals surface area contributed by atoms with Crippen molar-refractivity contribution in [2.75, 3.05) is 13.1 Å². The van der Waals surface area contributed by atoms with Crippen LogP contribution in [0.2, 0.25) is 0 Å². The number of rotatable bonds is 4. The van der Waals surface area contributed by atoms with Gasteiger partial charge in [-0.05, 0) is 49.3 Å². The van der Waals surface area contributed by atoms with E-state index in [1.807, 2.05) is 23.5 Å². The maximum Gasteiger partial charge on any atom is 0.0802 e. The second-order valence-electron chi connectivity index (χ2n) is 5.98. The number of hydrogen-bond acceptors (Lipinski definition) is 3. The molecule has 3 rings (SSSR count). The van der Waals surface area contributed by atoms with Crippen molar-refractivity contribution in [3.8, 4) is 0 Å². The Morgan fingerprint density at radius 3 is 2.81 bits per heavy atom. The third-order valence-corrected chi connectivity index (χ3v) is 5.55. The Bertz CT molecular complexity index is 590. The molecule has 1 aromatic heterocycles. The van der Waals surface area contributed by atoms with Crippen LogP contribution in [0.5, 0.6) is 0 Å². The minimum atomic E-state index is -0.360. The van der Waals surface area contributed by atoms with Gasteiger partial charge in [-0.15, -0.1) is 11.3 Å². The summed E-state index contributed by atoms with van der Waals surface area (Å²) in [5, 5.41) is 12.6. The van der Waals surface area contributed by atoms with E-state index in [0.717, 1.165) is 31.5 Å². The molecule has 1 aliphatic heterocycles. The summed E-state index contributed by atoms with van der Waals surface area (Å²) in [6.45, 7) is 6.41. The van der Waals surface area contributed by atoms with Gasteiger partial charge >= 0.3 is 0 Å². The highest BCUT2D eigenvalue weighted by molar-refractivity contribution is 7.10. The van der Waals surface area contributed by atoms with E-state index < -0.39 is 0 Å². The molecule has 2 unspecified atom stereocenters. The van der Waals surface area contributed by atoms with E-state index in [1.165, 1.54) is 16.0 Å². The Balaban J connectivity index is 1.59. The summed E-state index contributed by atoms with van der Waals surface area (Å²) in [6.07, 6.45) is 1.59. The zero-order valence-electron chi connectivity index (χ0n) is 12.7. The topological polar surface area (TPSA) is 23.5 Å². The Labute approximate surface area is 131 Å². The van der Waals surface area contributed by atoms with Gasteiger partial charge in [0.2, 0.25) is 0 Å². The van der Waals surface area contributed by atoms with Crippen LogP contribution in [0.4, 0.5) is 0 Å². The monoisotopic (exact) mass is 301 g/mol. The molecule has 2 heterocycles. The fourth-order valence-electron chi connectivity index (χ4n) is 3.11. The summed E-state index contributed by atoms with van der Waals surface area (Å²) in [4.78, 5) is 4.03. The highest BCUT2D eigenvalue weighted by atomic mass is 32.1. The Kier molecular flexibility index (Phi) is 4.43. The van der Waals surface area contributed by atoms with Crippen LogP contribution in [0.25, 0.3) is 0 Å². The molecule has 0 radical (unpaired) electrons. The van der Waals surface area contributed by atoms with Crippen molar-refractivity contribution in [2.45, 2.75) is 38.8 Å². The van der Waals surface area contributed by atoms with Gasteiger partial charge in [0.15, 0.2) is 0 Å². The molecule has 0 saturated carbocycles. The highest BCUT2D eigenvalue weighted by Gasteiger charge is 2.24. The first-order chi connectivity index (χ1) is 10.1. The van der Waals surface area contributed by atoms with Crippen molar-refractivity contribution in [3.63, 3.8) is 0 Å². The van der Waals surface area contributed by atoms with Crippen LogP contribution in [0.3, 0.4) is 0 Å².